The predicted octanol–water partition coefficient (Wildman–Crippen LogP) is 1.60. The summed E-state index contributed by atoms with van der Waals surface area (Å²) in [4.78, 5) is -0.0267. The van der Waals surface area contributed by atoms with Gasteiger partial charge in [-0.3, -0.25) is 0 Å². The Kier molecular flexibility index (Phi) is 5.18. The van der Waals surface area contributed by atoms with Gasteiger partial charge in [0.2, 0.25) is 10.0 Å². The smallest absolute Gasteiger partial charge is 0.243 e. The van der Waals surface area contributed by atoms with E-state index in [1.54, 1.807) is 0 Å². The van der Waals surface area contributed by atoms with Crippen LogP contribution in [0.25, 0.3) is 0 Å². The summed E-state index contributed by atoms with van der Waals surface area (Å²) in [6.45, 7) is 3.80. The van der Waals surface area contributed by atoms with E-state index in [9.17, 15) is 12.8 Å². The Morgan fingerprint density at radius 1 is 1.48 bits per heavy atom. The summed E-state index contributed by atoms with van der Waals surface area (Å²) in [5.41, 5.74) is 0. The van der Waals surface area contributed by atoms with E-state index in [4.69, 9.17) is 4.74 Å². The van der Waals surface area contributed by atoms with E-state index < -0.39 is 15.8 Å². The summed E-state index contributed by atoms with van der Waals surface area (Å²) in [6, 6.07) is 3.70. The number of benzene rings is 1. The van der Waals surface area contributed by atoms with E-state index in [-0.39, 0.29) is 16.7 Å². The number of halogens is 1. The lowest BCUT2D eigenvalue weighted by Crippen LogP contribution is -2.42. The average molecular weight is 316 g/mol. The van der Waals surface area contributed by atoms with Gasteiger partial charge in [-0.15, -0.1) is 0 Å². The van der Waals surface area contributed by atoms with Crippen molar-refractivity contribution in [3.8, 4) is 5.75 Å². The van der Waals surface area contributed by atoms with Gasteiger partial charge in [0.15, 0.2) is 11.6 Å². The van der Waals surface area contributed by atoms with Gasteiger partial charge in [0.25, 0.3) is 0 Å². The molecule has 1 unspecified atom stereocenters. The second-order valence-electron chi connectivity index (χ2n) is 5.06. The fourth-order valence-corrected chi connectivity index (χ4v) is 4.31. The van der Waals surface area contributed by atoms with Gasteiger partial charge in [0.05, 0.1) is 12.0 Å². The highest BCUT2D eigenvalue weighted by Gasteiger charge is 2.33. The highest BCUT2D eigenvalue weighted by Crippen LogP contribution is 2.25. The van der Waals surface area contributed by atoms with Gasteiger partial charge in [0.1, 0.15) is 0 Å². The molecule has 1 aliphatic heterocycles. The predicted molar refractivity (Wildman–Crippen MR) is 78.4 cm³/mol. The van der Waals surface area contributed by atoms with Crippen molar-refractivity contribution < 1.29 is 17.5 Å². The number of nitrogens with zero attached hydrogens (tertiary/aromatic N) is 1. The van der Waals surface area contributed by atoms with Crippen molar-refractivity contribution in [1.82, 2.24) is 9.62 Å². The minimum absolute atomic E-state index is 0.0267. The van der Waals surface area contributed by atoms with E-state index in [2.05, 4.69) is 5.32 Å². The maximum atomic E-state index is 13.8. The maximum Gasteiger partial charge on any atom is 0.243 e. The summed E-state index contributed by atoms with van der Waals surface area (Å²) < 4.78 is 45.6. The molecule has 2 rings (SSSR count). The zero-order valence-corrected chi connectivity index (χ0v) is 13.1. The molecule has 1 heterocycles. The quantitative estimate of drug-likeness (QED) is 0.866. The minimum Gasteiger partial charge on any atom is -0.494 e. The molecule has 0 saturated carbocycles. The molecule has 0 spiro atoms. The van der Waals surface area contributed by atoms with Crippen LogP contribution in [0.1, 0.15) is 19.8 Å². The Labute approximate surface area is 125 Å². The molecule has 1 N–H and O–H groups in total. The largest absolute Gasteiger partial charge is 0.494 e. The molecule has 0 amide bonds. The molecule has 1 saturated heterocycles. The fraction of sp³-hybridized carbons (Fsp3) is 0.571. The summed E-state index contributed by atoms with van der Waals surface area (Å²) in [6.07, 6.45) is 1.49. The second-order valence-corrected chi connectivity index (χ2v) is 6.95. The lowest BCUT2D eigenvalue weighted by molar-refractivity contribution is 0.334. The van der Waals surface area contributed by atoms with Gasteiger partial charge in [-0.2, -0.15) is 4.31 Å². The van der Waals surface area contributed by atoms with Crippen LogP contribution in [0, 0.1) is 5.82 Å². The average Bonchev–Trinajstić information content (AvgIpc) is 2.98. The number of ether oxygens (including phenoxy) is 1. The van der Waals surface area contributed by atoms with Crippen LogP contribution in [0.4, 0.5) is 4.39 Å². The van der Waals surface area contributed by atoms with Crippen LogP contribution in [0.15, 0.2) is 23.1 Å². The first kappa shape index (κ1) is 16.2. The molecule has 0 aliphatic carbocycles. The molecule has 0 aromatic heterocycles. The van der Waals surface area contributed by atoms with Crippen LogP contribution < -0.4 is 10.1 Å². The van der Waals surface area contributed by atoms with Crippen molar-refractivity contribution in [2.75, 3.05) is 26.7 Å². The van der Waals surface area contributed by atoms with Gasteiger partial charge >= 0.3 is 0 Å². The molecular weight excluding hydrogens is 295 g/mol. The molecule has 1 fully saturated rings. The summed E-state index contributed by atoms with van der Waals surface area (Å²) in [7, 11) is -2.35. The molecule has 21 heavy (non-hydrogen) atoms. The van der Waals surface area contributed by atoms with Crippen LogP contribution in [0.2, 0.25) is 0 Å². The van der Waals surface area contributed by atoms with Crippen LogP contribution in [-0.4, -0.2) is 45.5 Å². The number of sulfonamides is 1. The number of hydrogen-bond donors (Lipinski definition) is 1. The number of rotatable bonds is 6. The van der Waals surface area contributed by atoms with E-state index in [1.165, 1.54) is 23.5 Å². The van der Waals surface area contributed by atoms with Gasteiger partial charge < -0.3 is 10.1 Å². The van der Waals surface area contributed by atoms with Crippen molar-refractivity contribution in [1.29, 1.82) is 0 Å². The van der Waals surface area contributed by atoms with Crippen LogP contribution in [-0.2, 0) is 10.0 Å². The zero-order chi connectivity index (χ0) is 15.5. The molecular formula is C14H21FN2O3S. The van der Waals surface area contributed by atoms with Crippen molar-refractivity contribution in [3.63, 3.8) is 0 Å². The third-order valence-corrected chi connectivity index (χ3v) is 5.56. The molecule has 0 bridgehead atoms. The molecule has 5 nitrogen and oxygen atoms in total. The lowest BCUT2D eigenvalue weighted by atomic mass is 10.2. The summed E-state index contributed by atoms with van der Waals surface area (Å²) in [5.74, 6) is -0.627. The summed E-state index contributed by atoms with van der Waals surface area (Å²) >= 11 is 0. The topological polar surface area (TPSA) is 58.6 Å². The third kappa shape index (κ3) is 3.36. The Morgan fingerprint density at radius 3 is 2.76 bits per heavy atom. The van der Waals surface area contributed by atoms with Gasteiger partial charge in [-0.05, 0) is 37.6 Å². The van der Waals surface area contributed by atoms with E-state index in [0.717, 1.165) is 19.0 Å². The van der Waals surface area contributed by atoms with Crippen LogP contribution in [0.5, 0.6) is 5.75 Å². The number of hydrogen-bond acceptors (Lipinski definition) is 4. The highest BCUT2D eigenvalue weighted by molar-refractivity contribution is 7.89. The lowest BCUT2D eigenvalue weighted by Gasteiger charge is -2.27. The first-order valence-electron chi connectivity index (χ1n) is 7.06. The van der Waals surface area contributed by atoms with E-state index in [1.807, 2.05) is 6.92 Å². The van der Waals surface area contributed by atoms with Crippen LogP contribution >= 0.6 is 0 Å². The van der Waals surface area contributed by atoms with Gasteiger partial charge in [0, 0.05) is 19.1 Å². The standard InChI is InChI=1S/C14H21FN2O3S/c1-3-8-17(11-6-7-16-10-11)21(18,19)12-4-5-14(20-2)13(15)9-12/h4-5,9,11,16H,3,6-8,10H2,1-2H3. The molecule has 1 aliphatic rings. The monoisotopic (exact) mass is 316 g/mol. The molecule has 1 aromatic carbocycles. The Bertz CT molecular complexity index is 586. The van der Waals surface area contributed by atoms with Crippen molar-refractivity contribution in [2.45, 2.75) is 30.7 Å². The van der Waals surface area contributed by atoms with Gasteiger partial charge in [-0.25, -0.2) is 12.8 Å². The first-order valence-corrected chi connectivity index (χ1v) is 8.50. The Hall–Kier alpha value is -1.18. The summed E-state index contributed by atoms with van der Waals surface area (Å²) in [5, 5.41) is 3.16. The van der Waals surface area contributed by atoms with Crippen molar-refractivity contribution >= 4 is 10.0 Å². The molecule has 1 atom stereocenters. The van der Waals surface area contributed by atoms with E-state index in [0.29, 0.717) is 19.5 Å². The molecule has 7 heteroatoms. The fourth-order valence-electron chi connectivity index (χ4n) is 2.55. The highest BCUT2D eigenvalue weighted by atomic mass is 32.2. The number of nitrogens with one attached hydrogen (secondary N) is 1. The SMILES string of the molecule is CCCN(C1CCNC1)S(=O)(=O)c1ccc(OC)c(F)c1. The van der Waals surface area contributed by atoms with Crippen molar-refractivity contribution in [3.05, 3.63) is 24.0 Å². The Balaban J connectivity index is 2.35. The maximum absolute atomic E-state index is 13.8. The van der Waals surface area contributed by atoms with Crippen LogP contribution in [0.3, 0.4) is 0 Å². The van der Waals surface area contributed by atoms with E-state index >= 15 is 0 Å². The normalized spacial score (nSPS) is 19.1. The van der Waals surface area contributed by atoms with Crippen molar-refractivity contribution in [2.24, 2.45) is 0 Å². The zero-order valence-electron chi connectivity index (χ0n) is 12.3. The van der Waals surface area contributed by atoms with Gasteiger partial charge in [-0.1, -0.05) is 6.92 Å². The second kappa shape index (κ2) is 6.72. The third-order valence-electron chi connectivity index (χ3n) is 3.62. The molecule has 1 aromatic rings. The first-order chi connectivity index (χ1) is 10.0. The number of methoxy groups -OCH3 is 1. The molecule has 0 radical (unpaired) electrons. The minimum atomic E-state index is -3.70. The Morgan fingerprint density at radius 2 is 2.24 bits per heavy atom. The molecule has 118 valence electrons.